The van der Waals surface area contributed by atoms with Crippen LogP contribution in [0.1, 0.15) is 12.0 Å². The first-order valence-corrected chi connectivity index (χ1v) is 5.76. The maximum atomic E-state index is 11.6. The van der Waals surface area contributed by atoms with Gasteiger partial charge in [-0.3, -0.25) is 4.79 Å². The summed E-state index contributed by atoms with van der Waals surface area (Å²) in [4.78, 5) is 11.6. The fourth-order valence-corrected chi connectivity index (χ4v) is 1.35. The first kappa shape index (κ1) is 14.2. The monoisotopic (exact) mass is 247 g/mol. The number of carbonyl (C=O) groups is 1. The largest absolute Gasteiger partial charge is 0.383 e. The highest BCUT2D eigenvalue weighted by Gasteiger charge is 2.01. The molecule has 0 aliphatic carbocycles. The van der Waals surface area contributed by atoms with E-state index in [0.29, 0.717) is 30.8 Å². The van der Waals surface area contributed by atoms with Crippen LogP contribution in [0.15, 0.2) is 24.3 Å². The van der Waals surface area contributed by atoms with Crippen LogP contribution in [0, 0.1) is 11.3 Å². The second kappa shape index (κ2) is 8.23. The number of rotatable bonds is 7. The van der Waals surface area contributed by atoms with Crippen molar-refractivity contribution in [2.24, 2.45) is 0 Å². The molecule has 0 saturated heterocycles. The number of amides is 1. The highest BCUT2D eigenvalue weighted by Crippen LogP contribution is 2.08. The maximum Gasteiger partial charge on any atom is 0.225 e. The van der Waals surface area contributed by atoms with Gasteiger partial charge in [0.25, 0.3) is 0 Å². The summed E-state index contributed by atoms with van der Waals surface area (Å²) in [6.07, 6.45) is 0.406. The van der Waals surface area contributed by atoms with Gasteiger partial charge in [0.2, 0.25) is 5.91 Å². The van der Waals surface area contributed by atoms with Crippen LogP contribution in [-0.4, -0.2) is 32.7 Å². The Morgan fingerprint density at radius 2 is 2.06 bits per heavy atom. The molecule has 96 valence electrons. The summed E-state index contributed by atoms with van der Waals surface area (Å²) in [5.41, 5.74) is 1.28. The molecule has 2 N–H and O–H groups in total. The van der Waals surface area contributed by atoms with Gasteiger partial charge in [-0.2, -0.15) is 5.26 Å². The van der Waals surface area contributed by atoms with E-state index in [-0.39, 0.29) is 5.91 Å². The zero-order valence-corrected chi connectivity index (χ0v) is 10.4. The van der Waals surface area contributed by atoms with E-state index in [1.165, 1.54) is 0 Å². The lowest BCUT2D eigenvalue weighted by Gasteiger charge is -2.06. The number of carbonyl (C=O) groups excluding carboxylic acids is 1. The molecular weight excluding hydrogens is 230 g/mol. The van der Waals surface area contributed by atoms with Crippen LogP contribution in [0.3, 0.4) is 0 Å². The molecule has 18 heavy (non-hydrogen) atoms. The quantitative estimate of drug-likeness (QED) is 0.708. The van der Waals surface area contributed by atoms with Crippen LogP contribution in [0.5, 0.6) is 0 Å². The Morgan fingerprint density at radius 1 is 1.33 bits per heavy atom. The van der Waals surface area contributed by atoms with Gasteiger partial charge in [0.05, 0.1) is 18.2 Å². The molecular formula is C13H17N3O2. The van der Waals surface area contributed by atoms with Crippen LogP contribution in [0.4, 0.5) is 5.69 Å². The van der Waals surface area contributed by atoms with Gasteiger partial charge in [-0.1, -0.05) is 0 Å². The van der Waals surface area contributed by atoms with Crippen LogP contribution in [-0.2, 0) is 9.53 Å². The normalized spacial score (nSPS) is 9.78. The van der Waals surface area contributed by atoms with Crippen molar-refractivity contribution in [2.75, 3.05) is 32.1 Å². The van der Waals surface area contributed by atoms with Gasteiger partial charge in [0.15, 0.2) is 0 Å². The van der Waals surface area contributed by atoms with E-state index in [0.717, 1.165) is 6.54 Å². The number of anilines is 1. The predicted molar refractivity (Wildman–Crippen MR) is 69.1 cm³/mol. The van der Waals surface area contributed by atoms with Crippen molar-refractivity contribution in [3.8, 4) is 6.07 Å². The molecule has 1 rings (SSSR count). The van der Waals surface area contributed by atoms with Gasteiger partial charge >= 0.3 is 0 Å². The van der Waals surface area contributed by atoms with Crippen molar-refractivity contribution in [1.82, 2.24) is 5.32 Å². The molecule has 5 heteroatoms. The van der Waals surface area contributed by atoms with E-state index in [4.69, 9.17) is 10.00 Å². The zero-order valence-electron chi connectivity index (χ0n) is 10.4. The number of hydrogen-bond donors (Lipinski definition) is 2. The van der Waals surface area contributed by atoms with Crippen LogP contribution >= 0.6 is 0 Å². The van der Waals surface area contributed by atoms with Crippen molar-refractivity contribution < 1.29 is 9.53 Å². The third-order valence-electron chi connectivity index (χ3n) is 2.31. The summed E-state index contributed by atoms with van der Waals surface area (Å²) in [6.45, 7) is 1.99. The molecule has 1 aromatic rings. The second-order valence-electron chi connectivity index (χ2n) is 3.73. The number of nitrogens with zero attached hydrogens (tertiary/aromatic N) is 1. The SMILES string of the molecule is COCCNCCC(=O)Nc1ccc(C#N)cc1. The van der Waals surface area contributed by atoms with E-state index >= 15 is 0 Å². The van der Waals surface area contributed by atoms with E-state index < -0.39 is 0 Å². The first-order valence-electron chi connectivity index (χ1n) is 5.76. The number of nitriles is 1. The predicted octanol–water partition coefficient (Wildman–Crippen LogP) is 1.12. The molecule has 5 nitrogen and oxygen atoms in total. The molecule has 0 heterocycles. The summed E-state index contributed by atoms with van der Waals surface area (Å²) in [5.74, 6) is -0.0513. The van der Waals surface area contributed by atoms with E-state index in [1.54, 1.807) is 31.4 Å². The Bertz CT molecular complexity index is 409. The maximum absolute atomic E-state index is 11.6. The van der Waals surface area contributed by atoms with Gasteiger partial charge in [-0.15, -0.1) is 0 Å². The summed E-state index contributed by atoms with van der Waals surface area (Å²) in [5, 5.41) is 14.5. The Balaban J connectivity index is 2.25. The first-order chi connectivity index (χ1) is 8.76. The number of nitrogens with one attached hydrogen (secondary N) is 2. The van der Waals surface area contributed by atoms with Crippen molar-refractivity contribution in [3.05, 3.63) is 29.8 Å². The Kier molecular flexibility index (Phi) is 6.47. The standard InChI is InChI=1S/C13H17N3O2/c1-18-9-8-15-7-6-13(17)16-12-4-2-11(10-14)3-5-12/h2-5,15H,6-9H2,1H3,(H,16,17). The molecule has 0 fully saturated rings. The van der Waals surface area contributed by atoms with Crippen molar-refractivity contribution in [1.29, 1.82) is 5.26 Å². The zero-order chi connectivity index (χ0) is 13.2. The average Bonchev–Trinajstić information content (AvgIpc) is 2.39. The highest BCUT2D eigenvalue weighted by atomic mass is 16.5. The lowest BCUT2D eigenvalue weighted by atomic mass is 10.2. The molecule has 0 aromatic heterocycles. The Labute approximate surface area is 107 Å². The third kappa shape index (κ3) is 5.43. The second-order valence-corrected chi connectivity index (χ2v) is 3.73. The van der Waals surface area contributed by atoms with Crippen LogP contribution in [0.25, 0.3) is 0 Å². The van der Waals surface area contributed by atoms with Gasteiger partial charge in [-0.05, 0) is 24.3 Å². The minimum absolute atomic E-state index is 0.0513. The van der Waals surface area contributed by atoms with E-state index in [2.05, 4.69) is 10.6 Å². The molecule has 1 aromatic carbocycles. The van der Waals surface area contributed by atoms with E-state index in [9.17, 15) is 4.79 Å². The third-order valence-corrected chi connectivity index (χ3v) is 2.31. The average molecular weight is 247 g/mol. The lowest BCUT2D eigenvalue weighted by molar-refractivity contribution is -0.116. The summed E-state index contributed by atoms with van der Waals surface area (Å²) in [7, 11) is 1.64. The van der Waals surface area contributed by atoms with Crippen molar-refractivity contribution in [3.63, 3.8) is 0 Å². The summed E-state index contributed by atoms with van der Waals surface area (Å²) in [6, 6.07) is 8.81. The smallest absolute Gasteiger partial charge is 0.225 e. The molecule has 0 aliphatic rings. The lowest BCUT2D eigenvalue weighted by Crippen LogP contribution is -2.24. The molecule has 0 aliphatic heterocycles. The van der Waals surface area contributed by atoms with Gasteiger partial charge in [-0.25, -0.2) is 0 Å². The minimum Gasteiger partial charge on any atom is -0.383 e. The van der Waals surface area contributed by atoms with Gasteiger partial charge in [0, 0.05) is 32.3 Å². The van der Waals surface area contributed by atoms with Crippen LogP contribution in [0.2, 0.25) is 0 Å². The number of benzene rings is 1. The molecule has 1 amide bonds. The van der Waals surface area contributed by atoms with Crippen molar-refractivity contribution >= 4 is 11.6 Å². The molecule has 0 bridgehead atoms. The Morgan fingerprint density at radius 3 is 2.67 bits per heavy atom. The molecule has 0 atom stereocenters. The fourth-order valence-electron chi connectivity index (χ4n) is 1.35. The number of methoxy groups -OCH3 is 1. The number of hydrogen-bond acceptors (Lipinski definition) is 4. The Hall–Kier alpha value is -1.90. The van der Waals surface area contributed by atoms with E-state index in [1.807, 2.05) is 6.07 Å². The molecule has 0 saturated carbocycles. The fraction of sp³-hybridized carbons (Fsp3) is 0.385. The highest BCUT2D eigenvalue weighted by molar-refractivity contribution is 5.90. The molecule has 0 spiro atoms. The van der Waals surface area contributed by atoms with Crippen molar-refractivity contribution in [2.45, 2.75) is 6.42 Å². The molecule has 0 unspecified atom stereocenters. The minimum atomic E-state index is -0.0513. The van der Waals surface area contributed by atoms with Gasteiger partial charge in [0.1, 0.15) is 0 Å². The topological polar surface area (TPSA) is 74.2 Å². The number of ether oxygens (including phenoxy) is 1. The summed E-state index contributed by atoms with van der Waals surface area (Å²) < 4.78 is 4.88. The molecule has 0 radical (unpaired) electrons. The van der Waals surface area contributed by atoms with Gasteiger partial charge < -0.3 is 15.4 Å². The summed E-state index contributed by atoms with van der Waals surface area (Å²) >= 11 is 0. The van der Waals surface area contributed by atoms with Crippen LogP contribution < -0.4 is 10.6 Å².